The Labute approximate surface area is 146 Å². The lowest BCUT2D eigenvalue weighted by Gasteiger charge is -2.50. The Morgan fingerprint density at radius 3 is 2.16 bits per heavy atom. The molecule has 2 bridgehead atoms. The first kappa shape index (κ1) is 13.4. The van der Waals surface area contributed by atoms with Crippen LogP contribution < -0.4 is 5.32 Å². The van der Waals surface area contributed by atoms with Crippen LogP contribution in [-0.2, 0) is 5.41 Å². The minimum Gasteiger partial charge on any atom is -0.352 e. The van der Waals surface area contributed by atoms with Gasteiger partial charge in [-0.2, -0.15) is 0 Å². The third kappa shape index (κ3) is 1.41. The molecule has 7 rings (SSSR count). The fourth-order valence-electron chi connectivity index (χ4n) is 5.52. The lowest BCUT2D eigenvalue weighted by atomic mass is 9.51. The maximum Gasteiger partial charge on any atom is 0.251 e. The molecule has 1 amide bonds. The van der Waals surface area contributed by atoms with Crippen LogP contribution in [0.3, 0.4) is 0 Å². The minimum absolute atomic E-state index is 0.0660. The summed E-state index contributed by atoms with van der Waals surface area (Å²) < 4.78 is 0. The third-order valence-electron chi connectivity index (χ3n) is 6.33. The topological polar surface area (TPSA) is 29.1 Å². The number of nitrogens with one attached hydrogen (secondary N) is 1. The predicted octanol–water partition coefficient (Wildman–Crippen LogP) is 3.96. The van der Waals surface area contributed by atoms with Crippen LogP contribution in [0.4, 0.5) is 0 Å². The third-order valence-corrected chi connectivity index (χ3v) is 6.33. The second kappa shape index (κ2) is 4.40. The summed E-state index contributed by atoms with van der Waals surface area (Å²) >= 11 is 0. The lowest BCUT2D eigenvalue weighted by molar-refractivity contribution is 0.0956. The van der Waals surface area contributed by atoms with E-state index in [1.807, 2.05) is 12.1 Å². The molecule has 0 aromatic heterocycles. The quantitative estimate of drug-likeness (QED) is 0.666. The van der Waals surface area contributed by atoms with Crippen molar-refractivity contribution in [1.82, 2.24) is 5.32 Å². The Bertz CT molecular complexity index is 1020. The van der Waals surface area contributed by atoms with Gasteiger partial charge >= 0.3 is 0 Å². The summed E-state index contributed by atoms with van der Waals surface area (Å²) in [6.07, 6.45) is 0.906. The fourth-order valence-corrected chi connectivity index (χ4v) is 5.52. The first-order chi connectivity index (χ1) is 12.3. The summed E-state index contributed by atoms with van der Waals surface area (Å²) in [6, 6.07) is 23.9. The Kier molecular flexibility index (Phi) is 2.36. The van der Waals surface area contributed by atoms with Crippen molar-refractivity contribution >= 4 is 5.91 Å². The van der Waals surface area contributed by atoms with Crippen molar-refractivity contribution in [1.29, 1.82) is 0 Å². The van der Waals surface area contributed by atoms with E-state index >= 15 is 0 Å². The van der Waals surface area contributed by atoms with Crippen LogP contribution in [0.5, 0.6) is 0 Å². The summed E-state index contributed by atoms with van der Waals surface area (Å²) in [5, 5.41) is 3.12. The molecule has 0 radical (unpaired) electrons. The van der Waals surface area contributed by atoms with Gasteiger partial charge in [0, 0.05) is 23.4 Å². The van der Waals surface area contributed by atoms with Crippen LogP contribution in [0.25, 0.3) is 0 Å². The Morgan fingerprint density at radius 1 is 0.800 bits per heavy atom. The molecule has 1 heterocycles. The molecule has 3 aromatic rings. The van der Waals surface area contributed by atoms with Crippen LogP contribution >= 0.6 is 0 Å². The SMILES string of the molecule is O=C1NCCC23c4ccccc4C(c4ccccc42)c2cccc1c23. The largest absolute Gasteiger partial charge is 0.352 e. The van der Waals surface area contributed by atoms with Gasteiger partial charge in [0.25, 0.3) is 5.91 Å². The Balaban J connectivity index is 1.86. The van der Waals surface area contributed by atoms with E-state index < -0.39 is 0 Å². The first-order valence-corrected chi connectivity index (χ1v) is 8.93. The van der Waals surface area contributed by atoms with E-state index in [1.165, 1.54) is 33.4 Å². The molecule has 1 aliphatic heterocycles. The van der Waals surface area contributed by atoms with Crippen molar-refractivity contribution in [2.24, 2.45) is 0 Å². The van der Waals surface area contributed by atoms with Gasteiger partial charge in [-0.1, -0.05) is 60.7 Å². The highest BCUT2D eigenvalue weighted by Crippen LogP contribution is 2.61. The van der Waals surface area contributed by atoms with Crippen molar-refractivity contribution in [3.05, 3.63) is 106 Å². The van der Waals surface area contributed by atoms with Crippen LogP contribution in [-0.4, -0.2) is 12.5 Å². The predicted molar refractivity (Wildman–Crippen MR) is 97.1 cm³/mol. The monoisotopic (exact) mass is 323 g/mol. The van der Waals surface area contributed by atoms with Crippen LogP contribution in [0.2, 0.25) is 0 Å². The molecular weight excluding hydrogens is 306 g/mol. The second-order valence-corrected chi connectivity index (χ2v) is 7.29. The number of hydrogen-bond donors (Lipinski definition) is 1. The molecule has 3 aromatic carbocycles. The van der Waals surface area contributed by atoms with Gasteiger partial charge in [-0.05, 0) is 45.9 Å². The maximum absolute atomic E-state index is 12.7. The number of hydrogen-bond acceptors (Lipinski definition) is 1. The van der Waals surface area contributed by atoms with E-state index in [4.69, 9.17) is 0 Å². The van der Waals surface area contributed by atoms with Gasteiger partial charge in [-0.15, -0.1) is 0 Å². The van der Waals surface area contributed by atoms with Crippen molar-refractivity contribution in [3.63, 3.8) is 0 Å². The summed E-state index contributed by atoms with van der Waals surface area (Å²) in [7, 11) is 0. The molecule has 2 heteroatoms. The highest BCUT2D eigenvalue weighted by molar-refractivity contribution is 5.98. The molecule has 4 aliphatic rings. The van der Waals surface area contributed by atoms with Gasteiger partial charge in [-0.3, -0.25) is 4.79 Å². The number of amides is 1. The number of carbonyl (C=O) groups excluding carboxylic acids is 1. The normalized spacial score (nSPS) is 24.6. The molecule has 3 aliphatic carbocycles. The van der Waals surface area contributed by atoms with E-state index in [0.717, 1.165) is 12.0 Å². The van der Waals surface area contributed by atoms with Gasteiger partial charge in [0.15, 0.2) is 0 Å². The smallest absolute Gasteiger partial charge is 0.251 e. The highest BCUT2D eigenvalue weighted by atomic mass is 16.1. The van der Waals surface area contributed by atoms with Gasteiger partial charge in [0.2, 0.25) is 0 Å². The van der Waals surface area contributed by atoms with E-state index in [2.05, 4.69) is 59.9 Å². The van der Waals surface area contributed by atoms with Gasteiger partial charge in [0.05, 0.1) is 0 Å². The highest BCUT2D eigenvalue weighted by Gasteiger charge is 2.53. The van der Waals surface area contributed by atoms with E-state index in [-0.39, 0.29) is 17.2 Å². The zero-order chi connectivity index (χ0) is 16.6. The van der Waals surface area contributed by atoms with Crippen molar-refractivity contribution < 1.29 is 4.79 Å². The molecule has 0 atom stereocenters. The molecule has 1 spiro atoms. The van der Waals surface area contributed by atoms with E-state index in [0.29, 0.717) is 6.54 Å². The second-order valence-electron chi connectivity index (χ2n) is 7.29. The number of carbonyl (C=O) groups is 1. The molecule has 120 valence electrons. The van der Waals surface area contributed by atoms with Gasteiger partial charge < -0.3 is 5.32 Å². The molecular formula is C23H17NO. The Hall–Kier alpha value is -2.87. The fraction of sp³-hybridized carbons (Fsp3) is 0.174. The molecule has 25 heavy (non-hydrogen) atoms. The van der Waals surface area contributed by atoms with Gasteiger partial charge in [0.1, 0.15) is 0 Å². The zero-order valence-corrected chi connectivity index (χ0v) is 13.8. The lowest BCUT2D eigenvalue weighted by Crippen LogP contribution is -2.43. The van der Waals surface area contributed by atoms with Crippen LogP contribution in [0.15, 0.2) is 66.7 Å². The summed E-state index contributed by atoms with van der Waals surface area (Å²) in [6.45, 7) is 0.695. The van der Waals surface area contributed by atoms with Crippen molar-refractivity contribution in [2.75, 3.05) is 6.54 Å². The summed E-state index contributed by atoms with van der Waals surface area (Å²) in [5.74, 6) is 0.298. The van der Waals surface area contributed by atoms with Crippen LogP contribution in [0.1, 0.15) is 56.1 Å². The average molecular weight is 323 g/mol. The Morgan fingerprint density at radius 2 is 1.44 bits per heavy atom. The molecule has 2 nitrogen and oxygen atoms in total. The van der Waals surface area contributed by atoms with Gasteiger partial charge in [-0.25, -0.2) is 0 Å². The molecule has 0 saturated heterocycles. The average Bonchev–Trinajstić information content (AvgIpc) is 2.82. The van der Waals surface area contributed by atoms with E-state index in [1.54, 1.807) is 0 Å². The maximum atomic E-state index is 12.7. The standard InChI is InChI=1S/C23H17NO/c25-22-17-9-5-8-16-20-14-6-1-3-10-18(14)23(21(16)17,12-13-24-22)19-11-4-2-7-15(19)20/h1-11,20H,12-13H2,(H,24,25). The van der Waals surface area contributed by atoms with E-state index in [9.17, 15) is 4.79 Å². The first-order valence-electron chi connectivity index (χ1n) is 8.93. The molecule has 1 N–H and O–H groups in total. The minimum atomic E-state index is -0.215. The zero-order valence-electron chi connectivity index (χ0n) is 13.8. The summed E-state index contributed by atoms with van der Waals surface area (Å²) in [5.41, 5.74) is 8.77. The van der Waals surface area contributed by atoms with Crippen molar-refractivity contribution in [2.45, 2.75) is 17.8 Å². The van der Waals surface area contributed by atoms with Crippen molar-refractivity contribution in [3.8, 4) is 0 Å². The number of benzene rings is 3. The molecule has 0 fully saturated rings. The molecule has 0 saturated carbocycles. The molecule has 0 unspecified atom stereocenters. The number of rotatable bonds is 0. The van der Waals surface area contributed by atoms with Crippen LogP contribution in [0, 0.1) is 0 Å². The summed E-state index contributed by atoms with van der Waals surface area (Å²) in [4.78, 5) is 12.7.